The van der Waals surface area contributed by atoms with E-state index >= 15 is 0 Å². The smallest absolute Gasteiger partial charge is 0.310 e. The van der Waals surface area contributed by atoms with Gasteiger partial charge < -0.3 is 14.8 Å². The molecule has 2 heterocycles. The maximum Gasteiger partial charge on any atom is 0.310 e. The lowest BCUT2D eigenvalue weighted by atomic mass is 9.98. The zero-order valence-electron chi connectivity index (χ0n) is 24.7. The van der Waals surface area contributed by atoms with Crippen molar-refractivity contribution in [2.24, 2.45) is 0 Å². The topological polar surface area (TPSA) is 120 Å². The van der Waals surface area contributed by atoms with Gasteiger partial charge in [0, 0.05) is 42.6 Å². The summed E-state index contributed by atoms with van der Waals surface area (Å²) in [7, 11) is 2.91. The van der Waals surface area contributed by atoms with Crippen LogP contribution >= 0.6 is 15.9 Å². The van der Waals surface area contributed by atoms with Crippen molar-refractivity contribution in [3.05, 3.63) is 79.9 Å². The van der Waals surface area contributed by atoms with Crippen LogP contribution in [-0.4, -0.2) is 66.0 Å². The molecule has 0 amide bonds. The molecule has 0 bridgehead atoms. The van der Waals surface area contributed by atoms with Crippen LogP contribution in [-0.2, 0) is 0 Å². The van der Waals surface area contributed by atoms with Gasteiger partial charge in [-0.05, 0) is 79.8 Å². The van der Waals surface area contributed by atoms with Crippen molar-refractivity contribution < 1.29 is 19.3 Å². The highest BCUT2D eigenvalue weighted by Gasteiger charge is 2.19. The fourth-order valence-corrected chi connectivity index (χ4v) is 4.36. The van der Waals surface area contributed by atoms with E-state index < -0.39 is 9.85 Å². The summed E-state index contributed by atoms with van der Waals surface area (Å²) in [5, 5.41) is 24.9. The van der Waals surface area contributed by atoms with Gasteiger partial charge in [-0.25, -0.2) is 0 Å². The van der Waals surface area contributed by atoms with E-state index in [1.165, 1.54) is 37.5 Å². The Morgan fingerprint density at radius 3 is 1.68 bits per heavy atom. The standard InChI is InChI=1S/C15H20N2O3.C12H14N2O3.C3H7Br/c1-11(2)16-8-6-12(7-9-16)13-4-5-14(17(18)19)15(10-13)20-3;1-17-12-8-10(2-3-11(12)14(15)16)9-4-6-13-7-5-9;1-3(2)4/h4-6,10-11H,7-9H2,1-3H3;2-4,8,13H,5-7H2,1H3;3H,1-2H3. The van der Waals surface area contributed by atoms with Crippen molar-refractivity contribution in [1.82, 2.24) is 10.2 Å². The molecule has 0 saturated carbocycles. The molecule has 0 fully saturated rings. The molecule has 2 aliphatic rings. The Morgan fingerprint density at radius 1 is 0.854 bits per heavy atom. The van der Waals surface area contributed by atoms with Gasteiger partial charge in [0.25, 0.3) is 0 Å². The largest absolute Gasteiger partial charge is 0.490 e. The molecule has 2 aromatic rings. The Morgan fingerprint density at radius 2 is 1.34 bits per heavy atom. The Bertz CT molecular complexity index is 1240. The molecule has 2 aromatic carbocycles. The van der Waals surface area contributed by atoms with Crippen LogP contribution in [0.1, 0.15) is 51.7 Å². The van der Waals surface area contributed by atoms with Gasteiger partial charge in [0.15, 0.2) is 11.5 Å². The first-order valence-electron chi connectivity index (χ1n) is 13.6. The van der Waals surface area contributed by atoms with Crippen LogP contribution in [0.4, 0.5) is 11.4 Å². The molecule has 41 heavy (non-hydrogen) atoms. The summed E-state index contributed by atoms with van der Waals surface area (Å²) in [6.07, 6.45) is 6.19. The summed E-state index contributed by atoms with van der Waals surface area (Å²) < 4.78 is 10.2. The number of methoxy groups -OCH3 is 2. The molecule has 224 valence electrons. The van der Waals surface area contributed by atoms with E-state index in [-0.39, 0.29) is 11.4 Å². The third-order valence-corrected chi connectivity index (χ3v) is 6.53. The summed E-state index contributed by atoms with van der Waals surface area (Å²) in [6.45, 7) is 12.3. The second-order valence-electron chi connectivity index (χ2n) is 10.1. The molecule has 0 aliphatic carbocycles. The first-order chi connectivity index (χ1) is 19.5. The second kappa shape index (κ2) is 16.9. The quantitative estimate of drug-likeness (QED) is 0.199. The van der Waals surface area contributed by atoms with Gasteiger partial charge in [0.05, 0.1) is 24.1 Å². The molecule has 0 saturated heterocycles. The minimum absolute atomic E-state index is 0.00536. The first kappa shape index (κ1) is 33.9. The number of halogens is 1. The van der Waals surface area contributed by atoms with Gasteiger partial charge >= 0.3 is 11.4 Å². The molecule has 2 aliphatic heterocycles. The number of hydrogen-bond acceptors (Lipinski definition) is 8. The SMILES string of the molecule is CC(C)Br.COc1cc(C2=CCN(C(C)C)CC2)ccc1[N+](=O)[O-].COc1cc(C2=CCNCC2)ccc1[N+](=O)[O-]. The van der Waals surface area contributed by atoms with Gasteiger partial charge in [-0.1, -0.05) is 41.9 Å². The van der Waals surface area contributed by atoms with Crippen molar-refractivity contribution in [3.63, 3.8) is 0 Å². The van der Waals surface area contributed by atoms with E-state index in [0.29, 0.717) is 22.4 Å². The molecular formula is C30H41BrN4O6. The van der Waals surface area contributed by atoms with Crippen LogP contribution in [0.5, 0.6) is 11.5 Å². The van der Waals surface area contributed by atoms with Crippen LogP contribution < -0.4 is 14.8 Å². The lowest BCUT2D eigenvalue weighted by molar-refractivity contribution is -0.385. The summed E-state index contributed by atoms with van der Waals surface area (Å²) in [4.78, 5) is 23.9. The van der Waals surface area contributed by atoms with E-state index in [1.807, 2.05) is 0 Å². The van der Waals surface area contributed by atoms with Gasteiger partial charge in [0.2, 0.25) is 0 Å². The molecule has 1 N–H and O–H groups in total. The maximum absolute atomic E-state index is 10.9. The molecule has 0 spiro atoms. The molecular weight excluding hydrogens is 592 g/mol. The normalized spacial score (nSPS) is 15.0. The number of alkyl halides is 1. The van der Waals surface area contributed by atoms with E-state index in [2.05, 4.69) is 66.0 Å². The first-order valence-corrected chi connectivity index (χ1v) is 14.5. The van der Waals surface area contributed by atoms with Crippen molar-refractivity contribution in [2.45, 2.75) is 51.4 Å². The minimum atomic E-state index is -0.431. The van der Waals surface area contributed by atoms with Gasteiger partial charge in [-0.15, -0.1) is 0 Å². The number of hydrogen-bond donors (Lipinski definition) is 1. The van der Waals surface area contributed by atoms with E-state index in [9.17, 15) is 20.2 Å². The zero-order chi connectivity index (χ0) is 30.5. The highest BCUT2D eigenvalue weighted by molar-refractivity contribution is 9.09. The van der Waals surface area contributed by atoms with E-state index in [0.717, 1.165) is 50.1 Å². The summed E-state index contributed by atoms with van der Waals surface area (Å²) in [5.74, 6) is 0.631. The highest BCUT2D eigenvalue weighted by Crippen LogP contribution is 2.33. The number of nitrogens with zero attached hydrogens (tertiary/aromatic N) is 3. The Balaban J connectivity index is 0.000000256. The average Bonchev–Trinajstić information content (AvgIpc) is 2.96. The van der Waals surface area contributed by atoms with Crippen LogP contribution in [0.25, 0.3) is 11.1 Å². The molecule has 11 heteroatoms. The summed E-state index contributed by atoms with van der Waals surface area (Å²) in [6, 6.07) is 10.6. The third-order valence-electron chi connectivity index (χ3n) is 6.53. The maximum atomic E-state index is 10.9. The van der Waals surface area contributed by atoms with Crippen molar-refractivity contribution in [1.29, 1.82) is 0 Å². The summed E-state index contributed by atoms with van der Waals surface area (Å²) >= 11 is 3.27. The lowest BCUT2D eigenvalue weighted by Gasteiger charge is -2.29. The number of nitro benzene ring substituents is 2. The lowest BCUT2D eigenvalue weighted by Crippen LogP contribution is -2.34. The Hall–Kier alpha value is -3.28. The predicted molar refractivity (Wildman–Crippen MR) is 168 cm³/mol. The molecule has 0 aromatic heterocycles. The van der Waals surface area contributed by atoms with Crippen molar-refractivity contribution in [3.8, 4) is 11.5 Å². The van der Waals surface area contributed by atoms with Crippen LogP contribution in [0.3, 0.4) is 0 Å². The minimum Gasteiger partial charge on any atom is -0.490 e. The van der Waals surface area contributed by atoms with E-state index in [4.69, 9.17) is 9.47 Å². The van der Waals surface area contributed by atoms with E-state index in [1.54, 1.807) is 24.3 Å². The average molecular weight is 634 g/mol. The second-order valence-corrected chi connectivity index (χ2v) is 11.9. The van der Waals surface area contributed by atoms with Crippen LogP contribution in [0, 0.1) is 20.2 Å². The molecule has 0 radical (unpaired) electrons. The van der Waals surface area contributed by atoms with Crippen molar-refractivity contribution in [2.75, 3.05) is 40.4 Å². The summed E-state index contributed by atoms with van der Waals surface area (Å²) in [5.41, 5.74) is 4.46. The number of rotatable bonds is 7. The van der Waals surface area contributed by atoms with Gasteiger partial charge in [-0.2, -0.15) is 0 Å². The highest BCUT2D eigenvalue weighted by atomic mass is 79.9. The molecule has 0 atom stereocenters. The molecule has 0 unspecified atom stereocenters. The fourth-order valence-electron chi connectivity index (χ4n) is 4.36. The fraction of sp³-hybridized carbons (Fsp3) is 0.467. The van der Waals surface area contributed by atoms with Crippen LogP contribution in [0.15, 0.2) is 48.6 Å². The van der Waals surface area contributed by atoms with Crippen LogP contribution in [0.2, 0.25) is 0 Å². The van der Waals surface area contributed by atoms with Gasteiger partial charge in [-0.3, -0.25) is 25.1 Å². The monoisotopic (exact) mass is 632 g/mol. The number of benzene rings is 2. The number of nitrogens with one attached hydrogen (secondary N) is 1. The zero-order valence-corrected chi connectivity index (χ0v) is 26.3. The molecule has 4 rings (SSSR count). The Labute approximate surface area is 250 Å². The number of ether oxygens (including phenoxy) is 2. The predicted octanol–water partition coefficient (Wildman–Crippen LogP) is 6.87. The van der Waals surface area contributed by atoms with Gasteiger partial charge in [0.1, 0.15) is 0 Å². The molecule has 10 nitrogen and oxygen atoms in total. The third kappa shape index (κ3) is 10.6. The van der Waals surface area contributed by atoms with Crippen molar-refractivity contribution >= 4 is 38.5 Å². The number of nitro groups is 2. The Kier molecular flexibility index (Phi) is 13.9.